The summed E-state index contributed by atoms with van der Waals surface area (Å²) in [6.45, 7) is 2.29. The predicted octanol–water partition coefficient (Wildman–Crippen LogP) is 4.86. The van der Waals surface area contributed by atoms with E-state index < -0.39 is 12.1 Å². The lowest BCUT2D eigenvalue weighted by atomic mass is 9.70. The van der Waals surface area contributed by atoms with Gasteiger partial charge < -0.3 is 4.74 Å². The van der Waals surface area contributed by atoms with Crippen molar-refractivity contribution < 1.29 is 17.9 Å². The molecule has 3 aromatic heterocycles. The molecule has 1 aliphatic heterocycles. The van der Waals surface area contributed by atoms with E-state index in [1.54, 1.807) is 14.0 Å². The minimum Gasteiger partial charge on any atom is -0.373 e. The zero-order valence-electron chi connectivity index (χ0n) is 19.8. The van der Waals surface area contributed by atoms with Crippen LogP contribution in [0, 0.1) is 12.8 Å². The van der Waals surface area contributed by atoms with Crippen LogP contribution in [0.3, 0.4) is 0 Å². The molecule has 0 amide bonds. The number of nitrogens with zero attached hydrogens (tertiary/aromatic N) is 5. The third-order valence-corrected chi connectivity index (χ3v) is 7.98. The Morgan fingerprint density at radius 1 is 1.09 bits per heavy atom. The fraction of sp³-hybridized carbons (Fsp3) is 0.600. The quantitative estimate of drug-likeness (QED) is 0.526. The summed E-state index contributed by atoms with van der Waals surface area (Å²) in [6, 6.07) is 2.37. The summed E-state index contributed by atoms with van der Waals surface area (Å²) in [7, 11) is 1.63. The highest BCUT2D eigenvalue weighted by atomic mass is 19.4. The van der Waals surface area contributed by atoms with Gasteiger partial charge in [-0.05, 0) is 63.0 Å². The molecule has 2 aliphatic carbocycles. The second-order valence-electron chi connectivity index (χ2n) is 10.3. The summed E-state index contributed by atoms with van der Waals surface area (Å²) < 4.78 is 49.2. The first kappa shape index (κ1) is 22.7. The number of ether oxygens (including phenoxy) is 1. The molecular formula is C25H28F3N5O2. The lowest BCUT2D eigenvalue weighted by molar-refractivity contribution is -0.197. The third kappa shape index (κ3) is 4.05. The molecule has 2 atom stereocenters. The average molecular weight is 488 g/mol. The Hall–Kier alpha value is -2.75. The molecular weight excluding hydrogens is 459 g/mol. The number of hydrogen-bond donors (Lipinski definition) is 0. The molecule has 3 aliphatic rings. The Kier molecular flexibility index (Phi) is 5.28. The van der Waals surface area contributed by atoms with E-state index in [0.29, 0.717) is 41.5 Å². The number of aryl methyl sites for hydroxylation is 1. The molecule has 0 N–H and O–H groups in total. The zero-order chi connectivity index (χ0) is 24.5. The number of hydrogen-bond acceptors (Lipinski definition) is 5. The first-order valence-electron chi connectivity index (χ1n) is 12.3. The SMILES string of the molecule is Cc1nc2nc([C@H]3CCO[C@@H](c4cnn(C5CC5)c4)C3)cc(C3CC(C(F)(F)F)C3)c2c(=O)n1C. The van der Waals surface area contributed by atoms with Crippen LogP contribution in [0.5, 0.6) is 0 Å². The van der Waals surface area contributed by atoms with E-state index in [-0.39, 0.29) is 36.3 Å². The van der Waals surface area contributed by atoms with E-state index in [4.69, 9.17) is 9.72 Å². The van der Waals surface area contributed by atoms with Crippen LogP contribution in [-0.2, 0) is 11.8 Å². The van der Waals surface area contributed by atoms with Crippen molar-refractivity contribution in [2.45, 2.75) is 75.6 Å². The summed E-state index contributed by atoms with van der Waals surface area (Å²) in [6.07, 6.45) is 3.36. The van der Waals surface area contributed by atoms with Gasteiger partial charge in [-0.25, -0.2) is 9.97 Å². The van der Waals surface area contributed by atoms with E-state index in [9.17, 15) is 18.0 Å². The molecule has 7 nitrogen and oxygen atoms in total. The van der Waals surface area contributed by atoms with Crippen LogP contribution >= 0.6 is 0 Å². The second kappa shape index (κ2) is 8.15. The van der Waals surface area contributed by atoms with Crippen LogP contribution in [0.25, 0.3) is 11.0 Å². The molecule has 1 saturated heterocycles. The highest BCUT2D eigenvalue weighted by molar-refractivity contribution is 5.79. The molecule has 0 unspecified atom stereocenters. The van der Waals surface area contributed by atoms with Crippen molar-refractivity contribution in [3.05, 3.63) is 51.5 Å². The van der Waals surface area contributed by atoms with Crippen LogP contribution in [0.1, 0.15) is 85.2 Å². The third-order valence-electron chi connectivity index (χ3n) is 7.98. The lowest BCUT2D eigenvalue weighted by Crippen LogP contribution is -2.35. The number of fused-ring (bicyclic) bond motifs is 1. The van der Waals surface area contributed by atoms with Crippen molar-refractivity contribution >= 4 is 11.0 Å². The molecule has 6 rings (SSSR count). The number of pyridine rings is 1. The maximum atomic E-state index is 13.2. The first-order chi connectivity index (χ1) is 16.7. The fourth-order valence-electron chi connectivity index (χ4n) is 5.44. The number of rotatable bonds is 4. The topological polar surface area (TPSA) is 74.8 Å². The van der Waals surface area contributed by atoms with Crippen LogP contribution in [0.2, 0.25) is 0 Å². The van der Waals surface area contributed by atoms with Crippen molar-refractivity contribution in [1.82, 2.24) is 24.3 Å². The standard InChI is InChI=1S/C25H28F3N5O2/c1-13-30-23-22(24(34)32(13)2)19(15-7-17(8-15)25(26,27)28)10-20(31-23)14-5-6-35-21(9-14)16-11-29-33(12-16)18-3-4-18/h10-12,14-15,17-18,21H,3-9H2,1-2H3/t14-,15?,17?,21+/m0/s1. The van der Waals surface area contributed by atoms with Gasteiger partial charge in [0.15, 0.2) is 5.65 Å². The van der Waals surface area contributed by atoms with Gasteiger partial charge in [-0.1, -0.05) is 0 Å². The van der Waals surface area contributed by atoms with E-state index in [1.807, 2.05) is 16.9 Å². The van der Waals surface area contributed by atoms with Crippen molar-refractivity contribution in [3.63, 3.8) is 0 Å². The van der Waals surface area contributed by atoms with Crippen molar-refractivity contribution in [3.8, 4) is 0 Å². The largest absolute Gasteiger partial charge is 0.391 e. The molecule has 186 valence electrons. The van der Waals surface area contributed by atoms with Gasteiger partial charge in [0.1, 0.15) is 5.82 Å². The summed E-state index contributed by atoms with van der Waals surface area (Å²) in [5.41, 5.74) is 2.55. The van der Waals surface area contributed by atoms with Gasteiger partial charge in [-0.2, -0.15) is 18.3 Å². The van der Waals surface area contributed by atoms with Crippen LogP contribution in [-0.4, -0.2) is 37.1 Å². The summed E-state index contributed by atoms with van der Waals surface area (Å²) in [5, 5.41) is 4.83. The van der Waals surface area contributed by atoms with E-state index in [0.717, 1.165) is 30.5 Å². The lowest BCUT2D eigenvalue weighted by Gasteiger charge is -2.37. The molecule has 0 aromatic carbocycles. The molecule has 35 heavy (non-hydrogen) atoms. The Bertz CT molecular complexity index is 1340. The Labute approximate surface area is 200 Å². The fourth-order valence-corrected chi connectivity index (χ4v) is 5.44. The average Bonchev–Trinajstić information content (AvgIpc) is 3.51. The number of alkyl halides is 3. The summed E-state index contributed by atoms with van der Waals surface area (Å²) >= 11 is 0. The highest BCUT2D eigenvalue weighted by Crippen LogP contribution is 2.51. The van der Waals surface area contributed by atoms with Crippen LogP contribution < -0.4 is 5.56 Å². The minimum atomic E-state index is -4.21. The van der Waals surface area contributed by atoms with Crippen molar-refractivity contribution in [1.29, 1.82) is 0 Å². The van der Waals surface area contributed by atoms with Crippen molar-refractivity contribution in [2.24, 2.45) is 13.0 Å². The van der Waals surface area contributed by atoms with Crippen LogP contribution in [0.15, 0.2) is 23.3 Å². The normalized spacial score (nSPS) is 27.2. The number of aromatic nitrogens is 5. The van der Waals surface area contributed by atoms with E-state index in [2.05, 4.69) is 16.3 Å². The minimum absolute atomic E-state index is 0.00413. The molecule has 0 radical (unpaired) electrons. The molecule has 2 saturated carbocycles. The Balaban J connectivity index is 1.35. The van der Waals surface area contributed by atoms with Gasteiger partial charge in [-0.15, -0.1) is 0 Å². The van der Waals surface area contributed by atoms with Crippen LogP contribution in [0.4, 0.5) is 13.2 Å². The molecule has 0 bridgehead atoms. The molecule has 4 heterocycles. The first-order valence-corrected chi connectivity index (χ1v) is 12.3. The molecule has 0 spiro atoms. The van der Waals surface area contributed by atoms with Gasteiger partial charge in [0.05, 0.1) is 29.6 Å². The van der Waals surface area contributed by atoms with Gasteiger partial charge in [0.2, 0.25) is 0 Å². The Morgan fingerprint density at radius 2 is 1.86 bits per heavy atom. The van der Waals surface area contributed by atoms with E-state index in [1.165, 1.54) is 4.57 Å². The maximum absolute atomic E-state index is 13.2. The van der Waals surface area contributed by atoms with E-state index >= 15 is 0 Å². The summed E-state index contributed by atoms with van der Waals surface area (Å²) in [4.78, 5) is 22.4. The zero-order valence-corrected chi connectivity index (χ0v) is 19.8. The number of halogens is 3. The smallest absolute Gasteiger partial charge is 0.373 e. The summed E-state index contributed by atoms with van der Waals surface area (Å²) in [5.74, 6) is -1.06. The van der Waals surface area contributed by atoms with Gasteiger partial charge in [-0.3, -0.25) is 14.0 Å². The highest BCUT2D eigenvalue weighted by Gasteiger charge is 2.48. The van der Waals surface area contributed by atoms with Gasteiger partial charge in [0, 0.05) is 37.0 Å². The molecule has 3 fully saturated rings. The van der Waals surface area contributed by atoms with Gasteiger partial charge in [0.25, 0.3) is 5.56 Å². The molecule has 3 aromatic rings. The van der Waals surface area contributed by atoms with Gasteiger partial charge >= 0.3 is 6.18 Å². The van der Waals surface area contributed by atoms with Crippen molar-refractivity contribution in [2.75, 3.05) is 6.61 Å². The second-order valence-corrected chi connectivity index (χ2v) is 10.3. The Morgan fingerprint density at radius 3 is 2.57 bits per heavy atom. The predicted molar refractivity (Wildman–Crippen MR) is 122 cm³/mol. The maximum Gasteiger partial charge on any atom is 0.391 e. The molecule has 10 heteroatoms. The monoisotopic (exact) mass is 487 g/mol.